The highest BCUT2D eigenvalue weighted by Crippen LogP contribution is 2.58. The first-order valence-electron chi connectivity index (χ1n) is 11.3. The average molecular weight is 417 g/mol. The summed E-state index contributed by atoms with van der Waals surface area (Å²) in [6.45, 7) is 0. The molecule has 32 heavy (non-hydrogen) atoms. The van der Waals surface area contributed by atoms with Gasteiger partial charge in [-0.25, -0.2) is 0 Å². The molecule has 0 bridgehead atoms. The Morgan fingerprint density at radius 1 is 0.531 bits per heavy atom. The highest BCUT2D eigenvalue weighted by atomic mass is 16.3. The van der Waals surface area contributed by atoms with Crippen LogP contribution in [-0.4, -0.2) is 10.9 Å². The third kappa shape index (κ3) is 2.80. The molecule has 2 heteroatoms. The molecule has 2 aliphatic carbocycles. The standard InChI is InChI=1S/C30H24O2/c31-29-23-17-9-7-15-21(23)25(19-11-3-1-4-12-19)27(29)28-26(20-13-5-2-6-14-20)22-16-8-10-18-24(22)30(28)32/h1-18,25-29,31H/t25-,26-,27+,28-,29-/m1/s1. The van der Waals surface area contributed by atoms with E-state index in [0.717, 1.165) is 33.4 Å². The zero-order chi connectivity index (χ0) is 21.7. The molecule has 0 fully saturated rings. The molecule has 0 aliphatic heterocycles. The maximum atomic E-state index is 13.9. The number of carbonyl (C=O) groups excluding carboxylic acids is 1. The van der Waals surface area contributed by atoms with Crippen LogP contribution in [0.2, 0.25) is 0 Å². The van der Waals surface area contributed by atoms with Crippen molar-refractivity contribution < 1.29 is 9.90 Å². The van der Waals surface area contributed by atoms with Gasteiger partial charge in [0, 0.05) is 29.2 Å². The maximum Gasteiger partial charge on any atom is 0.167 e. The number of aliphatic hydroxyl groups is 1. The third-order valence-corrected chi connectivity index (χ3v) is 7.35. The Kier molecular flexibility index (Phi) is 4.55. The van der Waals surface area contributed by atoms with Crippen molar-refractivity contribution in [2.45, 2.75) is 17.9 Å². The van der Waals surface area contributed by atoms with Crippen LogP contribution >= 0.6 is 0 Å². The molecular formula is C30H24O2. The molecular weight excluding hydrogens is 392 g/mol. The summed E-state index contributed by atoms with van der Waals surface area (Å²) in [6.07, 6.45) is -0.689. The summed E-state index contributed by atoms with van der Waals surface area (Å²) < 4.78 is 0. The molecule has 0 aromatic heterocycles. The van der Waals surface area contributed by atoms with Crippen LogP contribution in [-0.2, 0) is 0 Å². The van der Waals surface area contributed by atoms with Gasteiger partial charge in [-0.05, 0) is 27.8 Å². The highest BCUT2D eigenvalue weighted by Gasteiger charge is 2.53. The number of rotatable bonds is 3. The fourth-order valence-electron chi connectivity index (χ4n) is 6.09. The Labute approximate surface area is 188 Å². The molecule has 5 atom stereocenters. The van der Waals surface area contributed by atoms with Gasteiger partial charge >= 0.3 is 0 Å². The van der Waals surface area contributed by atoms with E-state index in [9.17, 15) is 9.90 Å². The van der Waals surface area contributed by atoms with Gasteiger partial charge in [-0.3, -0.25) is 4.79 Å². The van der Waals surface area contributed by atoms with Gasteiger partial charge in [0.1, 0.15) is 0 Å². The van der Waals surface area contributed by atoms with E-state index in [1.54, 1.807) is 0 Å². The molecule has 1 N–H and O–H groups in total. The molecule has 2 aliphatic rings. The van der Waals surface area contributed by atoms with Gasteiger partial charge in [0.25, 0.3) is 0 Å². The minimum Gasteiger partial charge on any atom is -0.388 e. The van der Waals surface area contributed by atoms with Gasteiger partial charge < -0.3 is 5.11 Å². The molecule has 0 amide bonds. The number of Topliss-reactive ketones (excluding diaryl/α,β-unsaturated/α-hetero) is 1. The van der Waals surface area contributed by atoms with Crippen molar-refractivity contribution in [3.63, 3.8) is 0 Å². The molecule has 4 aromatic carbocycles. The third-order valence-electron chi connectivity index (χ3n) is 7.35. The van der Waals surface area contributed by atoms with E-state index in [2.05, 4.69) is 36.4 Å². The lowest BCUT2D eigenvalue weighted by molar-refractivity contribution is 0.0591. The van der Waals surface area contributed by atoms with Gasteiger partial charge in [0.15, 0.2) is 5.78 Å². The maximum absolute atomic E-state index is 13.9. The quantitative estimate of drug-likeness (QED) is 0.436. The minimum absolute atomic E-state index is 0.0307. The van der Waals surface area contributed by atoms with Gasteiger partial charge in [-0.15, -0.1) is 0 Å². The smallest absolute Gasteiger partial charge is 0.167 e. The largest absolute Gasteiger partial charge is 0.388 e. The summed E-state index contributed by atoms with van der Waals surface area (Å²) in [5, 5.41) is 11.6. The van der Waals surface area contributed by atoms with Crippen molar-refractivity contribution in [1.82, 2.24) is 0 Å². The van der Waals surface area contributed by atoms with Crippen LogP contribution in [0.5, 0.6) is 0 Å². The van der Waals surface area contributed by atoms with Crippen LogP contribution in [0.25, 0.3) is 0 Å². The van der Waals surface area contributed by atoms with Crippen LogP contribution < -0.4 is 0 Å². The number of hydrogen-bond donors (Lipinski definition) is 1. The van der Waals surface area contributed by atoms with Crippen LogP contribution in [0.15, 0.2) is 109 Å². The van der Waals surface area contributed by atoms with Gasteiger partial charge in [-0.1, -0.05) is 109 Å². The van der Waals surface area contributed by atoms with Crippen LogP contribution in [0.1, 0.15) is 56.1 Å². The first kappa shape index (κ1) is 19.2. The lowest BCUT2D eigenvalue weighted by Gasteiger charge is -2.32. The Balaban J connectivity index is 1.56. The Hall–Kier alpha value is -3.49. The Morgan fingerprint density at radius 3 is 1.69 bits per heavy atom. The van der Waals surface area contributed by atoms with E-state index < -0.39 is 6.10 Å². The van der Waals surface area contributed by atoms with Crippen molar-refractivity contribution in [1.29, 1.82) is 0 Å². The van der Waals surface area contributed by atoms with E-state index in [0.29, 0.717) is 0 Å². The molecule has 156 valence electrons. The molecule has 0 spiro atoms. The summed E-state index contributed by atoms with van der Waals surface area (Å²) in [7, 11) is 0. The number of hydrogen-bond acceptors (Lipinski definition) is 2. The van der Waals surface area contributed by atoms with Crippen LogP contribution in [0.3, 0.4) is 0 Å². The summed E-state index contributed by atoms with van der Waals surface area (Å²) >= 11 is 0. The highest BCUT2D eigenvalue weighted by molar-refractivity contribution is 6.04. The number of benzene rings is 4. The molecule has 0 heterocycles. The molecule has 4 aromatic rings. The van der Waals surface area contributed by atoms with Crippen molar-refractivity contribution >= 4 is 5.78 Å². The Bertz CT molecular complexity index is 1280. The molecule has 2 nitrogen and oxygen atoms in total. The monoisotopic (exact) mass is 416 g/mol. The average Bonchev–Trinajstić information content (AvgIpc) is 3.31. The van der Waals surface area contributed by atoms with Crippen molar-refractivity contribution in [2.24, 2.45) is 11.8 Å². The lowest BCUT2D eigenvalue weighted by atomic mass is 9.70. The molecule has 6 rings (SSSR count). The fraction of sp³-hybridized carbons (Fsp3) is 0.167. The van der Waals surface area contributed by atoms with E-state index in [1.165, 1.54) is 0 Å². The molecule has 0 unspecified atom stereocenters. The zero-order valence-corrected chi connectivity index (χ0v) is 17.6. The topological polar surface area (TPSA) is 37.3 Å². The van der Waals surface area contributed by atoms with E-state index in [-0.39, 0.29) is 29.5 Å². The SMILES string of the molecule is O=C1c2ccccc2[C@@H](c2ccccc2)[C@@H]1[C@@H]1[C@H](c2ccccc2)c2ccccc2[C@H]1O. The normalized spacial score (nSPS) is 26.0. The zero-order valence-electron chi connectivity index (χ0n) is 17.6. The van der Waals surface area contributed by atoms with Crippen molar-refractivity contribution in [3.8, 4) is 0 Å². The second-order valence-electron chi connectivity index (χ2n) is 8.91. The Morgan fingerprint density at radius 2 is 1.03 bits per heavy atom. The molecule has 0 saturated carbocycles. The van der Waals surface area contributed by atoms with Gasteiger partial charge in [-0.2, -0.15) is 0 Å². The first-order chi connectivity index (χ1) is 15.8. The summed E-state index contributed by atoms with van der Waals surface area (Å²) in [4.78, 5) is 13.9. The summed E-state index contributed by atoms with van der Waals surface area (Å²) in [5.41, 5.74) is 6.22. The lowest BCUT2D eigenvalue weighted by Crippen LogP contribution is -2.30. The van der Waals surface area contributed by atoms with Crippen LogP contribution in [0.4, 0.5) is 0 Å². The van der Waals surface area contributed by atoms with E-state index >= 15 is 0 Å². The number of carbonyl (C=O) groups is 1. The number of ketones is 1. The van der Waals surface area contributed by atoms with E-state index in [1.807, 2.05) is 72.8 Å². The van der Waals surface area contributed by atoms with Gasteiger partial charge in [0.2, 0.25) is 0 Å². The van der Waals surface area contributed by atoms with Crippen molar-refractivity contribution in [3.05, 3.63) is 143 Å². The first-order valence-corrected chi connectivity index (χ1v) is 11.3. The second kappa shape index (κ2) is 7.58. The second-order valence-corrected chi connectivity index (χ2v) is 8.91. The summed E-state index contributed by atoms with van der Waals surface area (Å²) in [6, 6.07) is 36.7. The number of fused-ring (bicyclic) bond motifs is 2. The predicted molar refractivity (Wildman–Crippen MR) is 126 cm³/mol. The van der Waals surface area contributed by atoms with E-state index in [4.69, 9.17) is 0 Å². The molecule has 0 radical (unpaired) electrons. The minimum atomic E-state index is -0.689. The summed E-state index contributed by atoms with van der Waals surface area (Å²) in [5.74, 6) is -0.522. The number of aliphatic hydroxyl groups excluding tert-OH is 1. The fourth-order valence-corrected chi connectivity index (χ4v) is 6.09. The van der Waals surface area contributed by atoms with Gasteiger partial charge in [0.05, 0.1) is 6.10 Å². The predicted octanol–water partition coefficient (Wildman–Crippen LogP) is 6.13. The molecule has 0 saturated heterocycles. The van der Waals surface area contributed by atoms with Crippen molar-refractivity contribution in [2.75, 3.05) is 0 Å². The van der Waals surface area contributed by atoms with Crippen LogP contribution in [0, 0.1) is 11.8 Å².